The lowest BCUT2D eigenvalue weighted by Gasteiger charge is -2.14. The van der Waals surface area contributed by atoms with E-state index in [1.54, 1.807) is 13.4 Å². The van der Waals surface area contributed by atoms with E-state index in [2.05, 4.69) is 127 Å². The van der Waals surface area contributed by atoms with Gasteiger partial charge in [0, 0.05) is 21.0 Å². The van der Waals surface area contributed by atoms with Gasteiger partial charge in [-0.1, -0.05) is 157 Å². The third kappa shape index (κ3) is 5.13. The minimum absolute atomic E-state index is 0.711. The van der Waals surface area contributed by atoms with Crippen LogP contribution in [-0.2, 0) is 4.74 Å². The van der Waals surface area contributed by atoms with Gasteiger partial charge in [0.05, 0.1) is 13.4 Å². The molecule has 0 fully saturated rings. The van der Waals surface area contributed by atoms with E-state index < -0.39 is 0 Å². The molecule has 1 nitrogen and oxygen atoms in total. The molecule has 9 aromatic rings. The topological polar surface area (TPSA) is 9.23 Å². The average Bonchev–Trinajstić information content (AvgIpc) is 3.14. The van der Waals surface area contributed by atoms with Crippen molar-refractivity contribution in [3.05, 3.63) is 174 Å². The molecule has 0 bridgehead atoms. The molecule has 0 amide bonds. The maximum Gasteiger partial charge on any atom is 0.0831 e. The lowest BCUT2D eigenvalue weighted by Crippen LogP contribution is -1.88. The predicted octanol–water partition coefficient (Wildman–Crippen LogP) is 13.9. The van der Waals surface area contributed by atoms with Gasteiger partial charge in [-0.15, -0.1) is 0 Å². The lowest BCUT2D eigenvalue weighted by molar-refractivity contribution is 0.341. The predicted molar refractivity (Wildman–Crippen MR) is 209 cm³/mol. The van der Waals surface area contributed by atoms with Crippen LogP contribution in [0.1, 0.15) is 5.56 Å². The fourth-order valence-corrected chi connectivity index (χ4v) is 7.55. The third-order valence-electron chi connectivity index (χ3n) is 9.19. The largest absolute Gasteiger partial charge is 0.504 e. The minimum atomic E-state index is 0.711. The molecule has 0 aliphatic heterocycles. The number of benzene rings is 9. The van der Waals surface area contributed by atoms with Gasteiger partial charge in [0.2, 0.25) is 0 Å². The molecule has 9 rings (SSSR count). The Morgan fingerprint density at radius 3 is 1.60 bits per heavy atom. The molecular weight excluding hydrogens is 627 g/mol. The smallest absolute Gasteiger partial charge is 0.0831 e. The zero-order chi connectivity index (χ0) is 32.6. The fourth-order valence-electron chi connectivity index (χ4n) is 7.08. The van der Waals surface area contributed by atoms with Crippen LogP contribution in [0.2, 0.25) is 10.0 Å². The summed E-state index contributed by atoms with van der Waals surface area (Å²) < 4.78 is 5.11. The first-order chi connectivity index (χ1) is 23.6. The second-order valence-corrected chi connectivity index (χ2v) is 12.7. The SMILES string of the molecule is COC=Cc1c(Cl)cccc1-c1cc2ccccc2c2ccccc12.Clc1cccc2c1ccc1c3ccccc3c3ccccc3c21. The van der Waals surface area contributed by atoms with Gasteiger partial charge in [-0.25, -0.2) is 0 Å². The Kier molecular flexibility index (Phi) is 7.94. The summed E-state index contributed by atoms with van der Waals surface area (Å²) in [6, 6.07) is 53.0. The summed E-state index contributed by atoms with van der Waals surface area (Å²) in [5, 5.41) is 16.6. The number of ether oxygens (including phenoxy) is 1. The number of methoxy groups -OCH3 is 1. The van der Waals surface area contributed by atoms with E-state index in [0.717, 1.165) is 21.5 Å². The van der Waals surface area contributed by atoms with Gasteiger partial charge in [-0.3, -0.25) is 0 Å². The van der Waals surface area contributed by atoms with Gasteiger partial charge in [-0.05, 0) is 94.7 Å². The zero-order valence-corrected chi connectivity index (χ0v) is 27.8. The summed E-state index contributed by atoms with van der Waals surface area (Å²) in [5.41, 5.74) is 3.24. The molecule has 230 valence electrons. The molecule has 0 aromatic heterocycles. The van der Waals surface area contributed by atoms with Crippen LogP contribution in [0.15, 0.2) is 158 Å². The fraction of sp³-hybridized carbons (Fsp3) is 0.0222. The van der Waals surface area contributed by atoms with Gasteiger partial charge >= 0.3 is 0 Å². The molecule has 48 heavy (non-hydrogen) atoms. The second kappa shape index (κ2) is 12.7. The number of hydrogen-bond donors (Lipinski definition) is 0. The minimum Gasteiger partial charge on any atom is -0.504 e. The van der Waals surface area contributed by atoms with E-state index in [9.17, 15) is 0 Å². The van der Waals surface area contributed by atoms with Crippen molar-refractivity contribution in [3.8, 4) is 11.1 Å². The molecule has 0 aliphatic carbocycles. The van der Waals surface area contributed by atoms with E-state index in [4.69, 9.17) is 27.9 Å². The normalized spacial score (nSPS) is 11.6. The first-order valence-electron chi connectivity index (χ1n) is 15.9. The molecule has 0 heterocycles. The lowest BCUT2D eigenvalue weighted by atomic mass is 9.91. The summed E-state index contributed by atoms with van der Waals surface area (Å²) in [6.07, 6.45) is 3.58. The Labute approximate surface area is 289 Å². The van der Waals surface area contributed by atoms with Crippen LogP contribution >= 0.6 is 23.2 Å². The van der Waals surface area contributed by atoms with Crippen molar-refractivity contribution in [1.29, 1.82) is 0 Å². The first-order valence-corrected chi connectivity index (χ1v) is 16.7. The van der Waals surface area contributed by atoms with Gasteiger partial charge < -0.3 is 4.74 Å². The number of hydrogen-bond acceptors (Lipinski definition) is 1. The third-order valence-corrected chi connectivity index (χ3v) is 9.85. The highest BCUT2D eigenvalue weighted by Crippen LogP contribution is 2.41. The summed E-state index contributed by atoms with van der Waals surface area (Å²) in [5.74, 6) is 0. The second-order valence-electron chi connectivity index (χ2n) is 11.8. The van der Waals surface area contributed by atoms with Crippen LogP contribution < -0.4 is 0 Å². The Bertz CT molecular complexity index is 2650. The number of fused-ring (bicyclic) bond motifs is 11. The Morgan fingerprint density at radius 1 is 0.417 bits per heavy atom. The average molecular weight is 658 g/mol. The molecule has 0 spiro atoms. The van der Waals surface area contributed by atoms with Crippen LogP contribution in [-0.4, -0.2) is 7.11 Å². The van der Waals surface area contributed by atoms with E-state index >= 15 is 0 Å². The highest BCUT2D eigenvalue weighted by molar-refractivity contribution is 6.38. The van der Waals surface area contributed by atoms with Crippen LogP contribution in [0.25, 0.3) is 81.8 Å². The van der Waals surface area contributed by atoms with Crippen molar-refractivity contribution in [2.75, 3.05) is 7.11 Å². The van der Waals surface area contributed by atoms with Crippen LogP contribution in [0, 0.1) is 0 Å². The quantitative estimate of drug-likeness (QED) is 0.136. The standard InChI is InChI=1S/C23H17ClO.C22H13Cl/c1-25-14-13-21-20(11-6-12-23(21)24)22-15-16-7-2-3-8-17(16)18-9-4-5-10-19(18)22;23-21-11-5-10-19-17(21)12-13-20-16-8-2-1-6-14(16)15-7-3-4-9-18(15)22(19)20/h2-15H,1H3;1-13H. The van der Waals surface area contributed by atoms with Crippen molar-refractivity contribution in [1.82, 2.24) is 0 Å². The molecule has 9 aromatic carbocycles. The van der Waals surface area contributed by atoms with Gasteiger partial charge in [0.25, 0.3) is 0 Å². The molecule has 0 unspecified atom stereocenters. The van der Waals surface area contributed by atoms with Gasteiger partial charge in [0.1, 0.15) is 0 Å². The summed E-state index contributed by atoms with van der Waals surface area (Å²) in [6.45, 7) is 0. The van der Waals surface area contributed by atoms with Crippen molar-refractivity contribution >= 4 is 93.9 Å². The molecular formula is C45H30Cl2O. The molecule has 0 radical (unpaired) electrons. The van der Waals surface area contributed by atoms with E-state index in [1.165, 1.54) is 64.8 Å². The number of rotatable bonds is 3. The molecule has 0 N–H and O–H groups in total. The molecule has 0 saturated heterocycles. The van der Waals surface area contributed by atoms with Crippen LogP contribution in [0.4, 0.5) is 0 Å². The van der Waals surface area contributed by atoms with Crippen molar-refractivity contribution in [3.63, 3.8) is 0 Å². The van der Waals surface area contributed by atoms with Gasteiger partial charge in [-0.2, -0.15) is 0 Å². The number of halogens is 2. The Hall–Kier alpha value is -5.34. The van der Waals surface area contributed by atoms with Crippen LogP contribution in [0.5, 0.6) is 0 Å². The molecule has 0 saturated carbocycles. The molecule has 0 atom stereocenters. The van der Waals surface area contributed by atoms with Crippen LogP contribution in [0.3, 0.4) is 0 Å². The monoisotopic (exact) mass is 656 g/mol. The highest BCUT2D eigenvalue weighted by Gasteiger charge is 2.13. The van der Waals surface area contributed by atoms with Gasteiger partial charge in [0.15, 0.2) is 0 Å². The molecule has 3 heteroatoms. The summed E-state index contributed by atoms with van der Waals surface area (Å²) in [4.78, 5) is 0. The maximum atomic E-state index is 6.48. The van der Waals surface area contributed by atoms with E-state index in [-0.39, 0.29) is 0 Å². The highest BCUT2D eigenvalue weighted by atomic mass is 35.5. The first kappa shape index (κ1) is 30.0. The van der Waals surface area contributed by atoms with E-state index in [1.807, 2.05) is 30.3 Å². The molecule has 0 aliphatic rings. The van der Waals surface area contributed by atoms with Crippen molar-refractivity contribution in [2.24, 2.45) is 0 Å². The summed E-state index contributed by atoms with van der Waals surface area (Å²) in [7, 11) is 1.64. The van der Waals surface area contributed by atoms with E-state index in [0.29, 0.717) is 5.02 Å². The maximum absolute atomic E-state index is 6.48. The Balaban J connectivity index is 0.000000140. The van der Waals surface area contributed by atoms with Crippen molar-refractivity contribution < 1.29 is 4.74 Å². The Morgan fingerprint density at radius 2 is 0.896 bits per heavy atom. The van der Waals surface area contributed by atoms with Crippen molar-refractivity contribution in [2.45, 2.75) is 0 Å². The summed E-state index contributed by atoms with van der Waals surface area (Å²) >= 11 is 12.9. The zero-order valence-electron chi connectivity index (χ0n) is 26.3.